The van der Waals surface area contributed by atoms with Crippen molar-refractivity contribution in [2.45, 2.75) is 6.92 Å². The number of amides is 2. The van der Waals surface area contributed by atoms with Crippen molar-refractivity contribution in [3.05, 3.63) is 0 Å². The molecule has 6 nitrogen and oxygen atoms in total. The van der Waals surface area contributed by atoms with Gasteiger partial charge in [-0.15, -0.1) is 0 Å². The normalized spacial score (nSPS) is 9.31. The lowest BCUT2D eigenvalue weighted by Gasteiger charge is -2.04. The third-order valence-electron chi connectivity index (χ3n) is 1.20. The number of rotatable bonds is 6. The zero-order chi connectivity index (χ0) is 10.1. The summed E-state index contributed by atoms with van der Waals surface area (Å²) in [6.45, 7) is 3.43. The Bertz CT molecular complexity index is 154. The van der Waals surface area contributed by atoms with Crippen LogP contribution in [0.5, 0.6) is 0 Å². The largest absolute Gasteiger partial charge is 0.448 e. The number of carbonyl (C=O) groups is 2. The molecular weight excluding hydrogens is 174 g/mol. The summed E-state index contributed by atoms with van der Waals surface area (Å²) in [6.07, 6.45) is -0.774. The number of carbonyl (C=O) groups excluding carboxylic acids is 2. The molecule has 0 aliphatic heterocycles. The zero-order valence-electron chi connectivity index (χ0n) is 7.63. The average Bonchev–Trinajstić information content (AvgIpc) is 2.01. The molecule has 0 rings (SSSR count). The van der Waals surface area contributed by atoms with E-state index in [2.05, 4.69) is 15.4 Å². The van der Waals surface area contributed by atoms with Crippen LogP contribution in [0, 0.1) is 0 Å². The van der Waals surface area contributed by atoms with Crippen molar-refractivity contribution in [3.63, 3.8) is 0 Å². The molecule has 0 saturated carbocycles. The fourth-order valence-electron chi connectivity index (χ4n) is 0.676. The zero-order valence-corrected chi connectivity index (χ0v) is 7.63. The number of nitrogens with one attached hydrogen (secondary N) is 2. The van der Waals surface area contributed by atoms with Crippen LogP contribution in [-0.2, 0) is 9.53 Å². The van der Waals surface area contributed by atoms with Gasteiger partial charge in [-0.2, -0.15) is 0 Å². The molecular formula is C7H15N3O3. The molecule has 0 radical (unpaired) electrons. The molecule has 0 aromatic rings. The van der Waals surface area contributed by atoms with Crippen LogP contribution in [-0.4, -0.2) is 38.2 Å². The van der Waals surface area contributed by atoms with Gasteiger partial charge in [-0.3, -0.25) is 4.79 Å². The van der Waals surface area contributed by atoms with Gasteiger partial charge in [0.15, 0.2) is 0 Å². The highest BCUT2D eigenvalue weighted by molar-refractivity contribution is 5.72. The smallest absolute Gasteiger partial charge is 0.404 e. The lowest BCUT2D eigenvalue weighted by atomic mass is 10.5. The Hall–Kier alpha value is -1.30. The second-order valence-electron chi connectivity index (χ2n) is 2.40. The van der Waals surface area contributed by atoms with Crippen LogP contribution in [0.2, 0.25) is 0 Å². The van der Waals surface area contributed by atoms with E-state index in [4.69, 9.17) is 5.73 Å². The van der Waals surface area contributed by atoms with Crippen LogP contribution in [0.15, 0.2) is 0 Å². The number of ether oxygens (including phenoxy) is 1. The van der Waals surface area contributed by atoms with Crippen molar-refractivity contribution in [1.29, 1.82) is 0 Å². The van der Waals surface area contributed by atoms with Crippen molar-refractivity contribution in [3.8, 4) is 0 Å². The van der Waals surface area contributed by atoms with E-state index in [1.807, 2.05) is 0 Å². The number of nitrogens with two attached hydrogens (primary N) is 1. The highest BCUT2D eigenvalue weighted by atomic mass is 16.5. The topological polar surface area (TPSA) is 93.4 Å². The maximum atomic E-state index is 10.4. The fourth-order valence-corrected chi connectivity index (χ4v) is 0.676. The molecule has 0 heterocycles. The SMILES string of the molecule is CC(=O)NCCNCCOC(N)=O. The Kier molecular flexibility index (Phi) is 6.62. The second-order valence-corrected chi connectivity index (χ2v) is 2.40. The van der Waals surface area contributed by atoms with E-state index in [0.717, 1.165) is 0 Å². The van der Waals surface area contributed by atoms with E-state index in [-0.39, 0.29) is 12.5 Å². The van der Waals surface area contributed by atoms with Gasteiger partial charge in [-0.05, 0) is 0 Å². The summed E-state index contributed by atoms with van der Waals surface area (Å²) >= 11 is 0. The maximum absolute atomic E-state index is 10.4. The van der Waals surface area contributed by atoms with Gasteiger partial charge in [0.1, 0.15) is 6.61 Å². The molecule has 2 amide bonds. The van der Waals surface area contributed by atoms with E-state index >= 15 is 0 Å². The summed E-state index contributed by atoms with van der Waals surface area (Å²) in [6, 6.07) is 0. The van der Waals surface area contributed by atoms with Crippen LogP contribution in [0.3, 0.4) is 0 Å². The quantitative estimate of drug-likeness (QED) is 0.458. The first-order valence-corrected chi connectivity index (χ1v) is 4.00. The number of hydrogen-bond acceptors (Lipinski definition) is 4. The first-order chi connectivity index (χ1) is 6.13. The summed E-state index contributed by atoms with van der Waals surface area (Å²) in [4.78, 5) is 20.5. The summed E-state index contributed by atoms with van der Waals surface area (Å²) in [5.41, 5.74) is 4.73. The van der Waals surface area contributed by atoms with Gasteiger partial charge in [0.2, 0.25) is 5.91 Å². The second kappa shape index (κ2) is 7.35. The van der Waals surface area contributed by atoms with Gasteiger partial charge in [0.25, 0.3) is 0 Å². The monoisotopic (exact) mass is 189 g/mol. The summed E-state index contributed by atoms with van der Waals surface area (Å²) in [5, 5.41) is 5.56. The van der Waals surface area contributed by atoms with Crippen LogP contribution in [0.1, 0.15) is 6.92 Å². The van der Waals surface area contributed by atoms with Gasteiger partial charge >= 0.3 is 6.09 Å². The minimum Gasteiger partial charge on any atom is -0.448 e. The van der Waals surface area contributed by atoms with Crippen molar-refractivity contribution in [2.75, 3.05) is 26.2 Å². The third-order valence-corrected chi connectivity index (χ3v) is 1.20. The molecule has 0 fully saturated rings. The Morgan fingerprint density at radius 3 is 2.54 bits per heavy atom. The molecule has 0 spiro atoms. The molecule has 4 N–H and O–H groups in total. The summed E-state index contributed by atoms with van der Waals surface area (Å²) in [7, 11) is 0. The number of primary amides is 1. The first-order valence-electron chi connectivity index (χ1n) is 4.00. The first kappa shape index (κ1) is 11.7. The minimum atomic E-state index is -0.774. The van der Waals surface area contributed by atoms with Crippen LogP contribution in [0.25, 0.3) is 0 Å². The lowest BCUT2D eigenvalue weighted by molar-refractivity contribution is -0.118. The van der Waals surface area contributed by atoms with Crippen molar-refractivity contribution in [1.82, 2.24) is 10.6 Å². The van der Waals surface area contributed by atoms with E-state index in [1.54, 1.807) is 0 Å². The molecule has 0 atom stereocenters. The van der Waals surface area contributed by atoms with Gasteiger partial charge in [0.05, 0.1) is 0 Å². The summed E-state index contributed by atoms with van der Waals surface area (Å²) < 4.78 is 4.46. The van der Waals surface area contributed by atoms with Gasteiger partial charge < -0.3 is 21.1 Å². The predicted molar refractivity (Wildman–Crippen MR) is 47.1 cm³/mol. The standard InChI is InChI=1S/C7H15N3O3/c1-6(11)10-3-2-9-4-5-13-7(8)12/h9H,2-5H2,1H3,(H2,8,12)(H,10,11). The van der Waals surface area contributed by atoms with E-state index in [0.29, 0.717) is 19.6 Å². The van der Waals surface area contributed by atoms with E-state index < -0.39 is 6.09 Å². The van der Waals surface area contributed by atoms with Crippen LogP contribution in [0.4, 0.5) is 4.79 Å². The third kappa shape index (κ3) is 10.7. The maximum Gasteiger partial charge on any atom is 0.404 e. The van der Waals surface area contributed by atoms with Gasteiger partial charge in [0, 0.05) is 26.6 Å². The molecule has 0 aromatic carbocycles. The molecule has 0 unspecified atom stereocenters. The fraction of sp³-hybridized carbons (Fsp3) is 0.714. The van der Waals surface area contributed by atoms with Crippen molar-refractivity contribution < 1.29 is 14.3 Å². The predicted octanol–water partition coefficient (Wildman–Crippen LogP) is -1.19. The van der Waals surface area contributed by atoms with Crippen molar-refractivity contribution >= 4 is 12.0 Å². The Morgan fingerprint density at radius 1 is 1.31 bits per heavy atom. The van der Waals surface area contributed by atoms with E-state index in [1.165, 1.54) is 6.92 Å². The number of hydrogen-bond donors (Lipinski definition) is 3. The molecule has 0 aliphatic carbocycles. The van der Waals surface area contributed by atoms with E-state index in [9.17, 15) is 9.59 Å². The van der Waals surface area contributed by atoms with Crippen LogP contribution < -0.4 is 16.4 Å². The molecule has 76 valence electrons. The molecule has 0 aliphatic rings. The van der Waals surface area contributed by atoms with Crippen molar-refractivity contribution in [2.24, 2.45) is 5.73 Å². The van der Waals surface area contributed by atoms with Gasteiger partial charge in [-0.25, -0.2) is 4.79 Å². The van der Waals surface area contributed by atoms with Crippen LogP contribution >= 0.6 is 0 Å². The molecule has 0 bridgehead atoms. The molecule has 6 heteroatoms. The minimum absolute atomic E-state index is 0.0600. The lowest BCUT2D eigenvalue weighted by Crippen LogP contribution is -2.32. The Morgan fingerprint density at radius 2 is 2.00 bits per heavy atom. The highest BCUT2D eigenvalue weighted by Gasteiger charge is 1.93. The molecule has 0 saturated heterocycles. The Balaban J connectivity index is 3.00. The molecule has 0 aromatic heterocycles. The molecule has 13 heavy (non-hydrogen) atoms. The Labute approximate surface area is 76.8 Å². The highest BCUT2D eigenvalue weighted by Crippen LogP contribution is 1.70. The van der Waals surface area contributed by atoms with Gasteiger partial charge in [-0.1, -0.05) is 0 Å². The summed E-state index contributed by atoms with van der Waals surface area (Å²) in [5.74, 6) is -0.0600. The average molecular weight is 189 g/mol.